The van der Waals surface area contributed by atoms with Crippen LogP contribution in [0, 0.1) is 0 Å². The molecule has 1 aromatic carbocycles. The van der Waals surface area contributed by atoms with E-state index in [0.29, 0.717) is 33.4 Å². The first-order chi connectivity index (χ1) is 11.1. The minimum absolute atomic E-state index is 0.228. The van der Waals surface area contributed by atoms with Crippen LogP contribution in [0.15, 0.2) is 36.2 Å². The van der Waals surface area contributed by atoms with E-state index in [9.17, 15) is 4.79 Å². The highest BCUT2D eigenvalue weighted by Gasteiger charge is 2.15. The Bertz CT molecular complexity index is 673. The Labute approximate surface area is 138 Å². The summed E-state index contributed by atoms with van der Waals surface area (Å²) >= 11 is 1.36. The Morgan fingerprint density at radius 2 is 1.74 bits per heavy atom. The molecule has 0 saturated heterocycles. The predicted molar refractivity (Wildman–Crippen MR) is 90.1 cm³/mol. The normalized spacial score (nSPS) is 9.87. The summed E-state index contributed by atoms with van der Waals surface area (Å²) in [4.78, 5) is 12.5. The maximum absolute atomic E-state index is 11.9. The summed E-state index contributed by atoms with van der Waals surface area (Å²) in [5.41, 5.74) is 6.58. The molecule has 2 N–H and O–H groups in total. The van der Waals surface area contributed by atoms with Crippen LogP contribution in [-0.2, 0) is 0 Å². The molecule has 1 aromatic heterocycles. The molecular weight excluding hydrogens is 316 g/mol. The highest BCUT2D eigenvalue weighted by molar-refractivity contribution is 7.12. The van der Waals surface area contributed by atoms with Crippen LogP contribution in [0.4, 0.5) is 0 Å². The Morgan fingerprint density at radius 3 is 2.22 bits per heavy atom. The van der Waals surface area contributed by atoms with Crippen molar-refractivity contribution in [2.24, 2.45) is 0 Å². The molecule has 0 unspecified atom stereocenters. The van der Waals surface area contributed by atoms with Crippen LogP contribution < -0.4 is 25.1 Å². The maximum atomic E-state index is 11.9. The number of carbonyl (C=O) groups is 1. The van der Waals surface area contributed by atoms with Crippen LogP contribution >= 0.6 is 11.3 Å². The molecule has 0 atom stereocenters. The predicted octanol–water partition coefficient (Wildman–Crippen LogP) is 2.68. The van der Waals surface area contributed by atoms with Gasteiger partial charge in [-0.3, -0.25) is 15.6 Å². The third-order valence-corrected chi connectivity index (χ3v) is 3.95. The van der Waals surface area contributed by atoms with Crippen molar-refractivity contribution in [2.75, 3.05) is 21.3 Å². The van der Waals surface area contributed by atoms with Gasteiger partial charge in [-0.15, -0.1) is 11.3 Å². The van der Waals surface area contributed by atoms with E-state index in [1.54, 1.807) is 18.2 Å². The van der Waals surface area contributed by atoms with Gasteiger partial charge in [0.2, 0.25) is 5.75 Å². The van der Waals surface area contributed by atoms with Crippen LogP contribution in [0.25, 0.3) is 5.70 Å². The van der Waals surface area contributed by atoms with E-state index in [4.69, 9.17) is 14.2 Å². The van der Waals surface area contributed by atoms with Crippen molar-refractivity contribution in [2.45, 2.75) is 0 Å². The zero-order chi connectivity index (χ0) is 16.8. The Balaban J connectivity index is 2.14. The first-order valence-electron chi connectivity index (χ1n) is 6.69. The van der Waals surface area contributed by atoms with Gasteiger partial charge in [0.15, 0.2) is 11.5 Å². The summed E-state index contributed by atoms with van der Waals surface area (Å²) in [6.45, 7) is 3.91. The zero-order valence-electron chi connectivity index (χ0n) is 13.1. The molecule has 0 aliphatic heterocycles. The van der Waals surface area contributed by atoms with Gasteiger partial charge in [-0.1, -0.05) is 12.6 Å². The molecule has 0 aliphatic carbocycles. The Kier molecular flexibility index (Phi) is 5.48. The number of rotatable bonds is 7. The molecule has 2 rings (SSSR count). The number of nitrogens with one attached hydrogen (secondary N) is 2. The number of methoxy groups -OCH3 is 3. The molecule has 0 saturated carbocycles. The lowest BCUT2D eigenvalue weighted by Crippen LogP contribution is -2.35. The van der Waals surface area contributed by atoms with Crippen molar-refractivity contribution in [1.29, 1.82) is 0 Å². The molecule has 1 heterocycles. The van der Waals surface area contributed by atoms with Gasteiger partial charge in [0.05, 0.1) is 31.9 Å². The van der Waals surface area contributed by atoms with Crippen molar-refractivity contribution in [3.63, 3.8) is 0 Å². The zero-order valence-corrected chi connectivity index (χ0v) is 14.0. The average Bonchev–Trinajstić information content (AvgIpc) is 3.12. The van der Waals surface area contributed by atoms with Crippen LogP contribution in [0.3, 0.4) is 0 Å². The Hall–Kier alpha value is -2.67. The molecule has 0 bridgehead atoms. The van der Waals surface area contributed by atoms with Crippen LogP contribution in [0.2, 0.25) is 0 Å². The lowest BCUT2D eigenvalue weighted by atomic mass is 10.1. The Morgan fingerprint density at radius 1 is 1.09 bits per heavy atom. The summed E-state index contributed by atoms with van der Waals surface area (Å²) in [5, 5.41) is 1.84. The van der Waals surface area contributed by atoms with Crippen molar-refractivity contribution >= 4 is 22.9 Å². The van der Waals surface area contributed by atoms with Gasteiger partial charge in [0.1, 0.15) is 0 Å². The van der Waals surface area contributed by atoms with Gasteiger partial charge < -0.3 is 14.2 Å². The maximum Gasteiger partial charge on any atom is 0.279 e. The molecule has 122 valence electrons. The van der Waals surface area contributed by atoms with E-state index in [2.05, 4.69) is 17.4 Å². The van der Waals surface area contributed by atoms with Crippen LogP contribution in [0.1, 0.15) is 15.2 Å². The SMILES string of the molecule is C=C(NNC(=O)c1cccs1)c1cc(OC)c(OC)c(OC)c1. The highest BCUT2D eigenvalue weighted by Crippen LogP contribution is 2.39. The number of hydrazine groups is 1. The van der Waals surface area contributed by atoms with Crippen molar-refractivity contribution in [3.8, 4) is 17.2 Å². The number of thiophene rings is 1. The fourth-order valence-corrected chi connectivity index (χ4v) is 2.55. The summed E-state index contributed by atoms with van der Waals surface area (Å²) < 4.78 is 15.9. The molecule has 1 amide bonds. The van der Waals surface area contributed by atoms with E-state index in [0.717, 1.165) is 0 Å². The fourth-order valence-electron chi connectivity index (χ4n) is 1.93. The number of carbonyl (C=O) groups excluding carboxylic acids is 1. The molecule has 0 spiro atoms. The highest BCUT2D eigenvalue weighted by atomic mass is 32.1. The van der Waals surface area contributed by atoms with Gasteiger partial charge in [-0.25, -0.2) is 0 Å². The number of hydrogen-bond donors (Lipinski definition) is 2. The second-order valence-electron chi connectivity index (χ2n) is 4.45. The lowest BCUT2D eigenvalue weighted by molar-refractivity contribution is 0.0946. The van der Waals surface area contributed by atoms with Gasteiger partial charge in [-0.2, -0.15) is 0 Å². The summed E-state index contributed by atoms with van der Waals surface area (Å²) in [5.74, 6) is 1.28. The van der Waals surface area contributed by atoms with E-state index < -0.39 is 0 Å². The average molecular weight is 334 g/mol. The molecule has 7 heteroatoms. The minimum atomic E-state index is -0.228. The number of benzene rings is 1. The molecule has 0 fully saturated rings. The smallest absolute Gasteiger partial charge is 0.279 e. The van der Waals surface area contributed by atoms with Crippen molar-refractivity contribution < 1.29 is 19.0 Å². The van der Waals surface area contributed by atoms with Gasteiger partial charge in [0.25, 0.3) is 5.91 Å². The molecule has 0 aliphatic rings. The third kappa shape index (κ3) is 3.75. The van der Waals surface area contributed by atoms with Gasteiger partial charge in [-0.05, 0) is 23.6 Å². The van der Waals surface area contributed by atoms with Crippen LogP contribution in [-0.4, -0.2) is 27.2 Å². The molecule has 0 radical (unpaired) electrons. The van der Waals surface area contributed by atoms with E-state index in [-0.39, 0.29) is 5.91 Å². The number of hydrogen-bond acceptors (Lipinski definition) is 6. The quantitative estimate of drug-likeness (QED) is 0.762. The first kappa shape index (κ1) is 16.7. The molecular formula is C16H18N2O4S. The number of amides is 1. The largest absolute Gasteiger partial charge is 0.493 e. The van der Waals surface area contributed by atoms with Crippen molar-refractivity contribution in [1.82, 2.24) is 10.9 Å². The summed E-state index contributed by atoms with van der Waals surface area (Å²) in [6, 6.07) is 7.04. The standard InChI is InChI=1S/C16H18N2O4S/c1-10(17-18-16(19)14-6-5-7-23-14)11-8-12(20-2)15(22-4)13(9-11)21-3/h5-9,17H,1H2,2-4H3,(H,18,19). The van der Waals surface area contributed by atoms with Gasteiger partial charge in [0, 0.05) is 5.56 Å². The third-order valence-electron chi connectivity index (χ3n) is 3.09. The topological polar surface area (TPSA) is 68.8 Å². The number of ether oxygens (including phenoxy) is 3. The molecule has 23 heavy (non-hydrogen) atoms. The monoisotopic (exact) mass is 334 g/mol. The summed E-state index contributed by atoms with van der Waals surface area (Å²) in [7, 11) is 4.61. The van der Waals surface area contributed by atoms with E-state index in [1.807, 2.05) is 11.4 Å². The molecule has 2 aromatic rings. The second kappa shape index (κ2) is 7.55. The summed E-state index contributed by atoms with van der Waals surface area (Å²) in [6.07, 6.45) is 0. The lowest BCUT2D eigenvalue weighted by Gasteiger charge is -2.16. The van der Waals surface area contributed by atoms with Crippen molar-refractivity contribution in [3.05, 3.63) is 46.7 Å². The van der Waals surface area contributed by atoms with E-state index >= 15 is 0 Å². The van der Waals surface area contributed by atoms with Gasteiger partial charge >= 0.3 is 0 Å². The second-order valence-corrected chi connectivity index (χ2v) is 5.40. The van der Waals surface area contributed by atoms with E-state index in [1.165, 1.54) is 32.7 Å². The fraction of sp³-hybridized carbons (Fsp3) is 0.188. The minimum Gasteiger partial charge on any atom is -0.493 e. The first-order valence-corrected chi connectivity index (χ1v) is 7.57. The van der Waals surface area contributed by atoms with Crippen LogP contribution in [0.5, 0.6) is 17.2 Å². The molecule has 6 nitrogen and oxygen atoms in total.